The summed E-state index contributed by atoms with van der Waals surface area (Å²) in [5, 5.41) is 9.17. The summed E-state index contributed by atoms with van der Waals surface area (Å²) in [4.78, 5) is 11.3. The zero-order valence-corrected chi connectivity index (χ0v) is 10.9. The van der Waals surface area contributed by atoms with Crippen LogP contribution in [0.3, 0.4) is 0 Å². The minimum Gasteiger partial charge on any atom is -0.466 e. The van der Waals surface area contributed by atoms with Gasteiger partial charge < -0.3 is 4.74 Å². The average Bonchev–Trinajstić information content (AvgIpc) is 2.22. The van der Waals surface area contributed by atoms with Gasteiger partial charge in [0.15, 0.2) is 0 Å². The van der Waals surface area contributed by atoms with Crippen molar-refractivity contribution in [2.45, 2.75) is 13.3 Å². The molecule has 0 heterocycles. The molecule has 0 unspecified atom stereocenters. The highest BCUT2D eigenvalue weighted by Gasteiger charge is 2.11. The van der Waals surface area contributed by atoms with E-state index < -0.39 is 0 Å². The van der Waals surface area contributed by atoms with Crippen molar-refractivity contribution in [2.75, 3.05) is 6.61 Å². The molecule has 1 aromatic rings. The smallest absolute Gasteiger partial charge is 0.310 e. The summed E-state index contributed by atoms with van der Waals surface area (Å²) >= 11 is 9.12. The molecule has 0 saturated carbocycles. The van der Waals surface area contributed by atoms with Crippen molar-refractivity contribution < 1.29 is 9.53 Å². The Morgan fingerprint density at radius 1 is 1.62 bits per heavy atom. The molecule has 5 heteroatoms. The number of hydrogen-bond acceptors (Lipinski definition) is 3. The minimum atomic E-state index is -0.325. The van der Waals surface area contributed by atoms with E-state index in [1.165, 1.54) is 0 Å². The molecule has 0 aliphatic carbocycles. The Kier molecular flexibility index (Phi) is 4.78. The van der Waals surface area contributed by atoms with E-state index >= 15 is 0 Å². The molecule has 0 bridgehead atoms. The fourth-order valence-electron chi connectivity index (χ4n) is 1.18. The summed E-state index contributed by atoms with van der Waals surface area (Å²) < 4.78 is 5.53. The Labute approximate surface area is 107 Å². The van der Waals surface area contributed by atoms with Gasteiger partial charge in [-0.2, -0.15) is 5.26 Å². The van der Waals surface area contributed by atoms with Crippen molar-refractivity contribution in [1.82, 2.24) is 0 Å². The van der Waals surface area contributed by atoms with Crippen LogP contribution in [0.25, 0.3) is 0 Å². The van der Waals surface area contributed by atoms with Gasteiger partial charge in [0.2, 0.25) is 0 Å². The lowest BCUT2D eigenvalue weighted by Gasteiger charge is -2.06. The molecule has 16 heavy (non-hydrogen) atoms. The molecule has 0 amide bonds. The quantitative estimate of drug-likeness (QED) is 0.806. The Hall–Kier alpha value is -1.05. The lowest BCUT2D eigenvalue weighted by Crippen LogP contribution is -2.08. The highest BCUT2D eigenvalue weighted by atomic mass is 79.9. The van der Waals surface area contributed by atoms with Gasteiger partial charge in [-0.05, 0) is 24.6 Å². The van der Waals surface area contributed by atoms with Gasteiger partial charge in [0, 0.05) is 4.47 Å². The predicted molar refractivity (Wildman–Crippen MR) is 64.2 cm³/mol. The lowest BCUT2D eigenvalue weighted by atomic mass is 10.1. The maximum absolute atomic E-state index is 11.3. The highest BCUT2D eigenvalue weighted by Crippen LogP contribution is 2.25. The Morgan fingerprint density at radius 3 is 2.88 bits per heavy atom. The summed E-state index contributed by atoms with van der Waals surface area (Å²) in [6, 6.07) is 5.16. The van der Waals surface area contributed by atoms with Gasteiger partial charge in [-0.25, -0.2) is 0 Å². The molecule has 84 valence electrons. The summed E-state index contributed by atoms with van der Waals surface area (Å²) in [6.45, 7) is 2.09. The number of carbonyl (C=O) groups is 1. The van der Waals surface area contributed by atoms with Crippen molar-refractivity contribution >= 4 is 33.5 Å². The molecular weight excluding hydrogens is 293 g/mol. The molecule has 3 nitrogen and oxygen atoms in total. The molecule has 0 atom stereocenters. The maximum Gasteiger partial charge on any atom is 0.310 e. The molecule has 1 rings (SSSR count). The molecule has 1 aromatic carbocycles. The number of rotatable bonds is 3. The van der Waals surface area contributed by atoms with Gasteiger partial charge in [0.25, 0.3) is 0 Å². The first kappa shape index (κ1) is 13.0. The summed E-state index contributed by atoms with van der Waals surface area (Å²) in [5.74, 6) is -0.325. The first-order valence-electron chi connectivity index (χ1n) is 4.62. The van der Waals surface area contributed by atoms with Gasteiger partial charge in [-0.1, -0.05) is 27.5 Å². The van der Waals surface area contributed by atoms with Crippen LogP contribution >= 0.6 is 27.5 Å². The summed E-state index contributed by atoms with van der Waals surface area (Å²) in [5.41, 5.74) is 1.04. The molecule has 0 spiro atoms. The number of nitrogens with zero attached hydrogens (tertiary/aromatic N) is 1. The average molecular weight is 303 g/mol. The van der Waals surface area contributed by atoms with Crippen LogP contribution in [0.4, 0.5) is 0 Å². The number of benzene rings is 1. The van der Waals surface area contributed by atoms with Crippen molar-refractivity contribution in [3.63, 3.8) is 0 Å². The highest BCUT2D eigenvalue weighted by molar-refractivity contribution is 9.10. The van der Waals surface area contributed by atoms with E-state index in [1.54, 1.807) is 19.1 Å². The van der Waals surface area contributed by atoms with Crippen molar-refractivity contribution in [2.24, 2.45) is 0 Å². The van der Waals surface area contributed by atoms with Gasteiger partial charge in [-0.15, -0.1) is 0 Å². The second kappa shape index (κ2) is 5.88. The number of carbonyl (C=O) groups excluding carboxylic acids is 1. The van der Waals surface area contributed by atoms with Crippen LogP contribution in [0.2, 0.25) is 5.02 Å². The second-order valence-corrected chi connectivity index (χ2v) is 4.28. The van der Waals surface area contributed by atoms with Crippen LogP contribution in [0, 0.1) is 11.3 Å². The van der Waals surface area contributed by atoms with Crippen LogP contribution in [0.5, 0.6) is 0 Å². The van der Waals surface area contributed by atoms with E-state index in [0.29, 0.717) is 27.2 Å². The van der Waals surface area contributed by atoms with Crippen LogP contribution in [0.15, 0.2) is 16.6 Å². The van der Waals surface area contributed by atoms with Crippen LogP contribution in [-0.4, -0.2) is 12.6 Å². The van der Waals surface area contributed by atoms with E-state index in [4.69, 9.17) is 21.6 Å². The van der Waals surface area contributed by atoms with Crippen LogP contribution in [0.1, 0.15) is 18.1 Å². The van der Waals surface area contributed by atoms with Crippen LogP contribution < -0.4 is 0 Å². The van der Waals surface area contributed by atoms with Crippen LogP contribution in [-0.2, 0) is 16.0 Å². The van der Waals surface area contributed by atoms with E-state index in [2.05, 4.69) is 15.9 Å². The topological polar surface area (TPSA) is 50.1 Å². The molecule has 0 aromatic heterocycles. The van der Waals surface area contributed by atoms with Crippen molar-refractivity contribution in [3.8, 4) is 6.07 Å². The molecule has 0 aliphatic rings. The first-order chi connectivity index (χ1) is 7.58. The zero-order valence-electron chi connectivity index (χ0n) is 8.59. The number of hydrogen-bond donors (Lipinski definition) is 0. The van der Waals surface area contributed by atoms with E-state index in [9.17, 15) is 4.79 Å². The molecule has 0 saturated heterocycles. The Balaban J connectivity index is 2.97. The van der Waals surface area contributed by atoms with Gasteiger partial charge in [0.1, 0.15) is 6.07 Å². The predicted octanol–water partition coefficient (Wildman–Crippen LogP) is 3.08. The normalized spacial score (nSPS) is 9.62. The second-order valence-electron chi connectivity index (χ2n) is 3.02. The third-order valence-electron chi connectivity index (χ3n) is 1.90. The number of halogens is 2. The largest absolute Gasteiger partial charge is 0.466 e. The fraction of sp³-hybridized carbons (Fsp3) is 0.273. The van der Waals surface area contributed by atoms with Crippen molar-refractivity contribution in [3.05, 3.63) is 32.8 Å². The molecule has 0 radical (unpaired) electrons. The standard InChI is InChI=1S/C11H9BrClNO2/c1-2-16-11(15)4-7-3-8(6-14)10(13)5-9(7)12/h3,5H,2,4H2,1H3. The maximum atomic E-state index is 11.3. The Morgan fingerprint density at radius 2 is 2.31 bits per heavy atom. The van der Waals surface area contributed by atoms with E-state index in [1.807, 2.05) is 6.07 Å². The SMILES string of the molecule is CCOC(=O)Cc1cc(C#N)c(Cl)cc1Br. The zero-order chi connectivity index (χ0) is 12.1. The van der Waals surface area contributed by atoms with Gasteiger partial charge in [-0.3, -0.25) is 4.79 Å². The minimum absolute atomic E-state index is 0.125. The van der Waals surface area contributed by atoms with E-state index in [0.717, 1.165) is 0 Å². The van der Waals surface area contributed by atoms with Gasteiger partial charge >= 0.3 is 5.97 Å². The fourth-order valence-corrected chi connectivity index (χ4v) is 2.00. The van der Waals surface area contributed by atoms with Gasteiger partial charge in [0.05, 0.1) is 23.6 Å². The monoisotopic (exact) mass is 301 g/mol. The molecular formula is C11H9BrClNO2. The number of nitriles is 1. The number of esters is 1. The lowest BCUT2D eigenvalue weighted by molar-refractivity contribution is -0.142. The third-order valence-corrected chi connectivity index (χ3v) is 2.95. The Bertz CT molecular complexity index is 454. The summed E-state index contributed by atoms with van der Waals surface area (Å²) in [6.07, 6.45) is 0.125. The van der Waals surface area contributed by atoms with E-state index in [-0.39, 0.29) is 12.4 Å². The molecule has 0 N–H and O–H groups in total. The first-order valence-corrected chi connectivity index (χ1v) is 5.79. The summed E-state index contributed by atoms with van der Waals surface area (Å²) in [7, 11) is 0. The molecule has 0 aliphatic heterocycles. The number of ether oxygens (including phenoxy) is 1. The third kappa shape index (κ3) is 3.22. The molecule has 0 fully saturated rings. The van der Waals surface area contributed by atoms with Crippen molar-refractivity contribution in [1.29, 1.82) is 5.26 Å².